The van der Waals surface area contributed by atoms with Crippen LogP contribution in [-0.2, 0) is 11.3 Å². The molecular weight excluding hydrogens is 232 g/mol. The van der Waals surface area contributed by atoms with Gasteiger partial charge in [-0.3, -0.25) is 4.90 Å². The lowest BCUT2D eigenvalue weighted by Crippen LogP contribution is -2.23. The number of hydrogen-bond donors (Lipinski definition) is 1. The van der Waals surface area contributed by atoms with Crippen LogP contribution in [0, 0.1) is 0 Å². The number of nitrogens with two attached hydrogens (primary N) is 1. The average molecular weight is 251 g/mol. The van der Waals surface area contributed by atoms with Gasteiger partial charge in [0.15, 0.2) is 0 Å². The zero-order valence-electron chi connectivity index (χ0n) is 9.02. The van der Waals surface area contributed by atoms with E-state index in [4.69, 9.17) is 10.5 Å². The molecule has 0 aliphatic rings. The van der Waals surface area contributed by atoms with Gasteiger partial charge in [0.2, 0.25) is 0 Å². The van der Waals surface area contributed by atoms with Crippen molar-refractivity contribution in [1.29, 1.82) is 0 Å². The molecule has 88 valence electrons. The Labute approximate surface area is 102 Å². The fourth-order valence-corrected chi connectivity index (χ4v) is 1.94. The van der Waals surface area contributed by atoms with Gasteiger partial charge in [0.1, 0.15) is 0 Å². The van der Waals surface area contributed by atoms with Gasteiger partial charge < -0.3 is 10.5 Å². The summed E-state index contributed by atoms with van der Waals surface area (Å²) in [5.74, 6) is 0. The Morgan fingerprint density at radius 3 is 2.87 bits per heavy atom. The molecule has 0 aliphatic carbocycles. The molecule has 1 aromatic rings. The van der Waals surface area contributed by atoms with E-state index < -0.39 is 0 Å². The van der Waals surface area contributed by atoms with Gasteiger partial charge in [-0.15, -0.1) is 23.7 Å². The Hall–Kier alpha value is -0.130. The standard InChI is InChI=1S/C10H18N2OS.ClH/c1-12(5-7-13-6-4-11)9-10-3-2-8-14-10;/h2-3,8H,4-7,9,11H2,1H3;1H. The van der Waals surface area contributed by atoms with Crippen LogP contribution >= 0.6 is 23.7 Å². The molecule has 3 nitrogen and oxygen atoms in total. The van der Waals surface area contributed by atoms with Crippen molar-refractivity contribution < 1.29 is 4.74 Å². The maximum Gasteiger partial charge on any atom is 0.0594 e. The van der Waals surface area contributed by atoms with E-state index in [0.29, 0.717) is 13.2 Å². The molecular formula is C10H19ClN2OS. The SMILES string of the molecule is CN(CCOCCN)Cc1cccs1.Cl. The average Bonchev–Trinajstić information content (AvgIpc) is 2.65. The zero-order chi connectivity index (χ0) is 10.2. The van der Waals surface area contributed by atoms with Gasteiger partial charge >= 0.3 is 0 Å². The van der Waals surface area contributed by atoms with Gasteiger partial charge in [0, 0.05) is 24.5 Å². The van der Waals surface area contributed by atoms with Crippen molar-refractivity contribution in [3.63, 3.8) is 0 Å². The predicted octanol–water partition coefficient (Wildman–Crippen LogP) is 1.58. The van der Waals surface area contributed by atoms with Gasteiger partial charge in [0.25, 0.3) is 0 Å². The monoisotopic (exact) mass is 250 g/mol. The van der Waals surface area contributed by atoms with E-state index in [1.807, 2.05) is 0 Å². The summed E-state index contributed by atoms with van der Waals surface area (Å²) in [7, 11) is 2.10. The molecule has 1 aromatic heterocycles. The van der Waals surface area contributed by atoms with E-state index >= 15 is 0 Å². The fourth-order valence-electron chi connectivity index (χ4n) is 1.15. The quantitative estimate of drug-likeness (QED) is 0.747. The first kappa shape index (κ1) is 14.9. The fraction of sp³-hybridized carbons (Fsp3) is 0.600. The molecule has 2 N–H and O–H groups in total. The Morgan fingerprint density at radius 2 is 2.27 bits per heavy atom. The Morgan fingerprint density at radius 1 is 1.47 bits per heavy atom. The van der Waals surface area contributed by atoms with Crippen LogP contribution in [0.15, 0.2) is 17.5 Å². The Balaban J connectivity index is 0.00000196. The topological polar surface area (TPSA) is 38.5 Å². The highest BCUT2D eigenvalue weighted by atomic mass is 35.5. The lowest BCUT2D eigenvalue weighted by molar-refractivity contribution is 0.116. The largest absolute Gasteiger partial charge is 0.379 e. The molecule has 1 heterocycles. The number of likely N-dealkylation sites (N-methyl/N-ethyl adjacent to an activating group) is 1. The summed E-state index contributed by atoms with van der Waals surface area (Å²) >= 11 is 1.79. The summed E-state index contributed by atoms with van der Waals surface area (Å²) < 4.78 is 5.31. The molecule has 5 heteroatoms. The van der Waals surface area contributed by atoms with Crippen molar-refractivity contribution in [2.75, 3.05) is 33.4 Å². The van der Waals surface area contributed by atoms with Gasteiger partial charge in [0.05, 0.1) is 13.2 Å². The molecule has 15 heavy (non-hydrogen) atoms. The lowest BCUT2D eigenvalue weighted by atomic mass is 10.4. The maximum atomic E-state index is 5.32. The van der Waals surface area contributed by atoms with Crippen molar-refractivity contribution in [3.8, 4) is 0 Å². The van der Waals surface area contributed by atoms with Crippen LogP contribution in [0.5, 0.6) is 0 Å². The molecule has 0 spiro atoms. The minimum absolute atomic E-state index is 0. The first-order valence-corrected chi connectivity index (χ1v) is 5.69. The van der Waals surface area contributed by atoms with E-state index in [-0.39, 0.29) is 12.4 Å². The van der Waals surface area contributed by atoms with E-state index in [2.05, 4.69) is 29.5 Å². The number of halogens is 1. The highest BCUT2D eigenvalue weighted by molar-refractivity contribution is 7.09. The second-order valence-electron chi connectivity index (χ2n) is 3.22. The minimum Gasteiger partial charge on any atom is -0.379 e. The van der Waals surface area contributed by atoms with Crippen LogP contribution < -0.4 is 5.73 Å². The molecule has 0 bridgehead atoms. The number of ether oxygens (including phenoxy) is 1. The summed E-state index contributed by atoms with van der Waals surface area (Å²) in [5, 5.41) is 2.11. The Bertz CT molecular complexity index is 231. The molecule has 0 amide bonds. The normalized spacial score (nSPS) is 10.3. The van der Waals surface area contributed by atoms with Gasteiger partial charge in [-0.05, 0) is 18.5 Å². The second kappa shape index (κ2) is 9.12. The molecule has 0 saturated carbocycles. The minimum atomic E-state index is 0. The third-order valence-electron chi connectivity index (χ3n) is 1.89. The van der Waals surface area contributed by atoms with Crippen LogP contribution in [-0.4, -0.2) is 38.3 Å². The first-order chi connectivity index (χ1) is 6.83. The summed E-state index contributed by atoms with van der Waals surface area (Å²) in [4.78, 5) is 3.65. The molecule has 0 fully saturated rings. The third-order valence-corrected chi connectivity index (χ3v) is 2.75. The first-order valence-electron chi connectivity index (χ1n) is 4.81. The summed E-state index contributed by atoms with van der Waals surface area (Å²) in [6, 6.07) is 4.24. The van der Waals surface area contributed by atoms with E-state index in [1.165, 1.54) is 4.88 Å². The molecule has 0 radical (unpaired) electrons. The summed E-state index contributed by atoms with van der Waals surface area (Å²) in [6.45, 7) is 3.99. The summed E-state index contributed by atoms with van der Waals surface area (Å²) in [5.41, 5.74) is 5.32. The van der Waals surface area contributed by atoms with Crippen molar-refractivity contribution in [1.82, 2.24) is 4.90 Å². The molecule has 1 rings (SSSR count). The second-order valence-corrected chi connectivity index (χ2v) is 4.25. The number of hydrogen-bond acceptors (Lipinski definition) is 4. The van der Waals surface area contributed by atoms with Crippen LogP contribution in [0.25, 0.3) is 0 Å². The van der Waals surface area contributed by atoms with Crippen LogP contribution in [0.3, 0.4) is 0 Å². The van der Waals surface area contributed by atoms with Crippen molar-refractivity contribution in [2.24, 2.45) is 5.73 Å². The molecule has 0 aliphatic heterocycles. The maximum absolute atomic E-state index is 5.32. The molecule has 0 unspecified atom stereocenters. The van der Waals surface area contributed by atoms with Crippen molar-refractivity contribution in [2.45, 2.75) is 6.54 Å². The van der Waals surface area contributed by atoms with Crippen LogP contribution in [0.2, 0.25) is 0 Å². The smallest absolute Gasteiger partial charge is 0.0594 e. The highest BCUT2D eigenvalue weighted by Gasteiger charge is 2.00. The number of nitrogens with zero attached hydrogens (tertiary/aromatic N) is 1. The van der Waals surface area contributed by atoms with E-state index in [0.717, 1.165) is 19.7 Å². The summed E-state index contributed by atoms with van der Waals surface area (Å²) in [6.07, 6.45) is 0. The lowest BCUT2D eigenvalue weighted by Gasteiger charge is -2.15. The van der Waals surface area contributed by atoms with E-state index in [9.17, 15) is 0 Å². The molecule has 0 atom stereocenters. The van der Waals surface area contributed by atoms with Crippen LogP contribution in [0.4, 0.5) is 0 Å². The van der Waals surface area contributed by atoms with E-state index in [1.54, 1.807) is 11.3 Å². The third kappa shape index (κ3) is 6.87. The predicted molar refractivity (Wildman–Crippen MR) is 67.8 cm³/mol. The van der Waals surface area contributed by atoms with Crippen molar-refractivity contribution in [3.05, 3.63) is 22.4 Å². The number of rotatable bonds is 7. The van der Waals surface area contributed by atoms with Gasteiger partial charge in [-0.25, -0.2) is 0 Å². The van der Waals surface area contributed by atoms with Crippen molar-refractivity contribution >= 4 is 23.7 Å². The Kier molecular flexibility index (Phi) is 9.04. The van der Waals surface area contributed by atoms with Crippen LogP contribution in [0.1, 0.15) is 4.88 Å². The highest BCUT2D eigenvalue weighted by Crippen LogP contribution is 2.10. The molecule has 0 aromatic carbocycles. The van der Waals surface area contributed by atoms with Gasteiger partial charge in [-0.2, -0.15) is 0 Å². The number of thiophene rings is 1. The zero-order valence-corrected chi connectivity index (χ0v) is 10.6. The molecule has 0 saturated heterocycles. The van der Waals surface area contributed by atoms with Gasteiger partial charge in [-0.1, -0.05) is 6.07 Å².